The Balaban J connectivity index is 2.39. The highest BCUT2D eigenvalue weighted by Gasteiger charge is 2.18. The van der Waals surface area contributed by atoms with Gasteiger partial charge in [0.2, 0.25) is 0 Å². The predicted octanol–water partition coefficient (Wildman–Crippen LogP) is 4.34. The molecule has 2 rings (SSSR count). The minimum atomic E-state index is 0.489. The van der Waals surface area contributed by atoms with Crippen LogP contribution in [0.4, 0.5) is 0 Å². The Morgan fingerprint density at radius 1 is 0.800 bits per heavy atom. The summed E-state index contributed by atoms with van der Waals surface area (Å²) in [5, 5.41) is 0. The van der Waals surface area contributed by atoms with Crippen LogP contribution in [-0.2, 0) is 0 Å². The van der Waals surface area contributed by atoms with Crippen molar-refractivity contribution < 1.29 is 0 Å². The van der Waals surface area contributed by atoms with Gasteiger partial charge < -0.3 is 0 Å². The highest BCUT2D eigenvalue weighted by molar-refractivity contribution is 5.61. The van der Waals surface area contributed by atoms with Crippen LogP contribution in [0.3, 0.4) is 0 Å². The molecule has 15 heavy (non-hydrogen) atoms. The van der Waals surface area contributed by atoms with Crippen molar-refractivity contribution in [2.45, 2.75) is 27.7 Å². The molecular formula is C15H18. The monoisotopic (exact) mass is 198 g/mol. The second kappa shape index (κ2) is 3.69. The van der Waals surface area contributed by atoms with Crippen molar-refractivity contribution >= 4 is 0 Å². The molecule has 0 N–H and O–H groups in total. The molecule has 0 saturated heterocycles. The lowest BCUT2D eigenvalue weighted by Crippen LogP contribution is -1.89. The third kappa shape index (κ3) is 1.65. The van der Waals surface area contributed by atoms with E-state index >= 15 is 0 Å². The zero-order valence-electron chi connectivity index (χ0n) is 9.96. The summed E-state index contributed by atoms with van der Waals surface area (Å²) in [5.74, 6) is 0.489. The zero-order chi connectivity index (χ0) is 11.0. The molecule has 0 aliphatic heterocycles. The maximum Gasteiger partial charge on any atom is 0.0142 e. The Kier molecular flexibility index (Phi) is 2.52. The van der Waals surface area contributed by atoms with Crippen LogP contribution >= 0.6 is 0 Å². The maximum absolute atomic E-state index is 2.37. The summed E-state index contributed by atoms with van der Waals surface area (Å²) in [7, 11) is 0. The smallest absolute Gasteiger partial charge is 0.0142 e. The van der Waals surface area contributed by atoms with Gasteiger partial charge in [-0.3, -0.25) is 0 Å². The summed E-state index contributed by atoms with van der Waals surface area (Å²) >= 11 is 0. The fourth-order valence-corrected chi connectivity index (χ4v) is 2.25. The fourth-order valence-electron chi connectivity index (χ4n) is 2.25. The third-order valence-electron chi connectivity index (χ3n) is 3.63. The molecule has 2 aliphatic carbocycles. The van der Waals surface area contributed by atoms with Crippen LogP contribution in [0.5, 0.6) is 0 Å². The first kappa shape index (κ1) is 10.2. The first-order valence-corrected chi connectivity index (χ1v) is 5.54. The molecule has 0 heteroatoms. The molecule has 0 spiro atoms. The van der Waals surface area contributed by atoms with Crippen LogP contribution in [0, 0.1) is 5.92 Å². The molecule has 0 fully saturated rings. The number of rotatable bonds is 1. The molecule has 0 aromatic heterocycles. The van der Waals surface area contributed by atoms with Gasteiger partial charge in [0.1, 0.15) is 0 Å². The average molecular weight is 198 g/mol. The summed E-state index contributed by atoms with van der Waals surface area (Å²) in [6, 6.07) is 0. The van der Waals surface area contributed by atoms with E-state index in [0.717, 1.165) is 0 Å². The quantitative estimate of drug-likeness (QED) is 0.588. The normalized spacial score (nSPS) is 21.2. The van der Waals surface area contributed by atoms with E-state index in [1.807, 2.05) is 0 Å². The van der Waals surface area contributed by atoms with E-state index in [4.69, 9.17) is 0 Å². The number of hydrogen-bond acceptors (Lipinski definition) is 0. The lowest BCUT2D eigenvalue weighted by atomic mass is 9.99. The van der Waals surface area contributed by atoms with Crippen molar-refractivity contribution in [3.05, 3.63) is 58.2 Å². The Labute approximate surface area is 92.4 Å². The molecule has 0 nitrogen and oxygen atoms in total. The summed E-state index contributed by atoms with van der Waals surface area (Å²) in [4.78, 5) is 0. The van der Waals surface area contributed by atoms with Crippen molar-refractivity contribution in [2.75, 3.05) is 0 Å². The molecule has 0 aromatic carbocycles. The zero-order valence-corrected chi connectivity index (χ0v) is 9.96. The molecule has 0 bridgehead atoms. The summed E-state index contributed by atoms with van der Waals surface area (Å²) in [5.41, 5.74) is 7.22. The molecule has 0 atom stereocenters. The fraction of sp³-hybridized carbons (Fsp3) is 0.333. The number of allylic oxidation sites excluding steroid dienone is 10. The Hall–Kier alpha value is -1.30. The Morgan fingerprint density at radius 2 is 1.27 bits per heavy atom. The SMILES string of the molecule is CC1=C(C)C(C)=C(C)C1=CC1C=CC=C1. The van der Waals surface area contributed by atoms with Gasteiger partial charge in [-0.2, -0.15) is 0 Å². The van der Waals surface area contributed by atoms with E-state index in [1.54, 1.807) is 0 Å². The van der Waals surface area contributed by atoms with Crippen LogP contribution in [0.15, 0.2) is 58.2 Å². The van der Waals surface area contributed by atoms with E-state index in [9.17, 15) is 0 Å². The van der Waals surface area contributed by atoms with Gasteiger partial charge in [-0.15, -0.1) is 0 Å². The Bertz CT molecular complexity index is 399. The minimum absolute atomic E-state index is 0.489. The van der Waals surface area contributed by atoms with Gasteiger partial charge in [0.25, 0.3) is 0 Å². The third-order valence-corrected chi connectivity index (χ3v) is 3.63. The van der Waals surface area contributed by atoms with E-state index in [-0.39, 0.29) is 0 Å². The van der Waals surface area contributed by atoms with E-state index in [2.05, 4.69) is 58.1 Å². The van der Waals surface area contributed by atoms with Gasteiger partial charge in [-0.1, -0.05) is 30.4 Å². The molecule has 0 heterocycles. The van der Waals surface area contributed by atoms with Crippen molar-refractivity contribution in [3.63, 3.8) is 0 Å². The van der Waals surface area contributed by atoms with Crippen LogP contribution in [0.2, 0.25) is 0 Å². The molecular weight excluding hydrogens is 180 g/mol. The molecule has 2 aliphatic rings. The first-order chi connectivity index (χ1) is 7.11. The molecule has 0 saturated carbocycles. The average Bonchev–Trinajstić information content (AvgIpc) is 2.79. The standard InChI is InChI=1S/C15H18/c1-10-11(2)13(4)15(12(10)3)9-14-7-5-6-8-14/h5-9,14H,1-4H3. The van der Waals surface area contributed by atoms with Crippen LogP contribution < -0.4 is 0 Å². The van der Waals surface area contributed by atoms with E-state index < -0.39 is 0 Å². The lowest BCUT2D eigenvalue weighted by molar-refractivity contribution is 1.07. The van der Waals surface area contributed by atoms with Gasteiger partial charge in [0.15, 0.2) is 0 Å². The van der Waals surface area contributed by atoms with Gasteiger partial charge in [-0.25, -0.2) is 0 Å². The molecule has 0 unspecified atom stereocenters. The van der Waals surface area contributed by atoms with E-state index in [1.165, 1.54) is 27.9 Å². The van der Waals surface area contributed by atoms with Crippen LogP contribution in [-0.4, -0.2) is 0 Å². The minimum Gasteiger partial charge on any atom is -0.0738 e. The number of hydrogen-bond donors (Lipinski definition) is 0. The molecule has 0 amide bonds. The second-order valence-electron chi connectivity index (χ2n) is 4.43. The molecule has 78 valence electrons. The molecule has 0 radical (unpaired) electrons. The summed E-state index contributed by atoms with van der Waals surface area (Å²) in [6.07, 6.45) is 11.1. The topological polar surface area (TPSA) is 0 Å². The first-order valence-electron chi connectivity index (χ1n) is 5.54. The predicted molar refractivity (Wildman–Crippen MR) is 66.6 cm³/mol. The van der Waals surface area contributed by atoms with Crippen LogP contribution in [0.1, 0.15) is 27.7 Å². The second-order valence-corrected chi connectivity index (χ2v) is 4.43. The van der Waals surface area contributed by atoms with Crippen molar-refractivity contribution in [3.8, 4) is 0 Å². The lowest BCUT2D eigenvalue weighted by Gasteiger charge is -2.06. The van der Waals surface area contributed by atoms with Gasteiger partial charge >= 0.3 is 0 Å². The van der Waals surface area contributed by atoms with Gasteiger partial charge in [0.05, 0.1) is 0 Å². The maximum atomic E-state index is 2.37. The summed E-state index contributed by atoms with van der Waals surface area (Å²) < 4.78 is 0. The van der Waals surface area contributed by atoms with Crippen LogP contribution in [0.25, 0.3) is 0 Å². The largest absolute Gasteiger partial charge is 0.0738 e. The highest BCUT2D eigenvalue weighted by Crippen LogP contribution is 2.37. The van der Waals surface area contributed by atoms with Gasteiger partial charge in [-0.05, 0) is 55.6 Å². The van der Waals surface area contributed by atoms with E-state index in [0.29, 0.717) is 5.92 Å². The van der Waals surface area contributed by atoms with Gasteiger partial charge in [0, 0.05) is 5.92 Å². The van der Waals surface area contributed by atoms with Crippen molar-refractivity contribution in [2.24, 2.45) is 5.92 Å². The molecule has 0 aromatic rings. The highest BCUT2D eigenvalue weighted by atomic mass is 14.2. The van der Waals surface area contributed by atoms with Crippen molar-refractivity contribution in [1.82, 2.24) is 0 Å². The van der Waals surface area contributed by atoms with Crippen molar-refractivity contribution in [1.29, 1.82) is 0 Å². The summed E-state index contributed by atoms with van der Waals surface area (Å²) in [6.45, 7) is 8.89. The Morgan fingerprint density at radius 3 is 1.73 bits per heavy atom.